The summed E-state index contributed by atoms with van der Waals surface area (Å²) in [5.41, 5.74) is 8.72. The van der Waals surface area contributed by atoms with Crippen molar-refractivity contribution in [1.82, 2.24) is 0 Å². The second-order valence-corrected chi connectivity index (χ2v) is 6.99. The van der Waals surface area contributed by atoms with E-state index in [0.717, 1.165) is 14.5 Å². The summed E-state index contributed by atoms with van der Waals surface area (Å²) in [6.07, 6.45) is 0. The van der Waals surface area contributed by atoms with E-state index in [1.54, 1.807) is 11.3 Å². The van der Waals surface area contributed by atoms with Gasteiger partial charge in [-0.3, -0.25) is 0 Å². The Labute approximate surface area is 132 Å². The van der Waals surface area contributed by atoms with Crippen LogP contribution in [-0.4, -0.2) is 0 Å². The number of thiophene rings is 1. The molecular formula is C15H11Br2NS. The van der Waals surface area contributed by atoms with Gasteiger partial charge in [0, 0.05) is 13.6 Å². The van der Waals surface area contributed by atoms with Crippen LogP contribution in [-0.2, 0) is 0 Å². The van der Waals surface area contributed by atoms with Gasteiger partial charge in [0.25, 0.3) is 0 Å². The van der Waals surface area contributed by atoms with E-state index in [9.17, 15) is 0 Å². The number of hydrogen-bond donors (Lipinski definition) is 1. The number of halogens is 2. The monoisotopic (exact) mass is 395 g/mol. The molecular weight excluding hydrogens is 386 g/mol. The minimum absolute atomic E-state index is 0.0967. The van der Waals surface area contributed by atoms with Gasteiger partial charge < -0.3 is 5.73 Å². The first kappa shape index (κ1) is 13.3. The molecule has 3 aromatic rings. The third-order valence-electron chi connectivity index (χ3n) is 3.12. The standard InChI is InChI=1S/C15H11Br2NS/c16-10-4-1-3-9(7-10)14(18)12-8-19-15-11(12)5-2-6-13(15)17/h1-8,14H,18H2. The van der Waals surface area contributed by atoms with Crippen molar-refractivity contribution in [3.8, 4) is 0 Å². The van der Waals surface area contributed by atoms with Crippen LogP contribution in [0.15, 0.2) is 56.8 Å². The molecule has 19 heavy (non-hydrogen) atoms. The Balaban J connectivity index is 2.12. The topological polar surface area (TPSA) is 26.0 Å². The zero-order valence-corrected chi connectivity index (χ0v) is 13.9. The molecule has 0 fully saturated rings. The highest BCUT2D eigenvalue weighted by molar-refractivity contribution is 9.11. The van der Waals surface area contributed by atoms with Crippen molar-refractivity contribution in [2.24, 2.45) is 5.73 Å². The Morgan fingerprint density at radius 1 is 1.05 bits per heavy atom. The van der Waals surface area contributed by atoms with Gasteiger partial charge in [0.1, 0.15) is 0 Å². The molecule has 3 rings (SSSR count). The maximum Gasteiger partial charge on any atom is 0.0566 e. The molecule has 0 aliphatic heterocycles. The van der Waals surface area contributed by atoms with E-state index >= 15 is 0 Å². The van der Waals surface area contributed by atoms with Gasteiger partial charge in [0.05, 0.1) is 6.04 Å². The van der Waals surface area contributed by atoms with Gasteiger partial charge in [-0.2, -0.15) is 0 Å². The summed E-state index contributed by atoms with van der Waals surface area (Å²) in [5, 5.41) is 3.38. The van der Waals surface area contributed by atoms with E-state index in [2.05, 4.69) is 67.6 Å². The third-order valence-corrected chi connectivity index (χ3v) is 5.59. The molecule has 2 N–H and O–H groups in total. The van der Waals surface area contributed by atoms with Gasteiger partial charge in [-0.25, -0.2) is 0 Å². The first-order valence-corrected chi connectivity index (χ1v) is 8.30. The molecule has 1 nitrogen and oxygen atoms in total. The second kappa shape index (κ2) is 5.37. The quantitative estimate of drug-likeness (QED) is 0.610. The molecule has 2 aromatic carbocycles. The van der Waals surface area contributed by atoms with Crippen LogP contribution in [0.2, 0.25) is 0 Å². The molecule has 4 heteroatoms. The van der Waals surface area contributed by atoms with E-state index in [1.165, 1.54) is 15.6 Å². The lowest BCUT2D eigenvalue weighted by molar-refractivity contribution is 0.884. The number of nitrogens with two attached hydrogens (primary N) is 1. The van der Waals surface area contributed by atoms with E-state index in [0.29, 0.717) is 0 Å². The molecule has 0 bridgehead atoms. The number of benzene rings is 2. The molecule has 1 atom stereocenters. The Morgan fingerprint density at radius 3 is 2.63 bits per heavy atom. The first-order valence-electron chi connectivity index (χ1n) is 5.83. The summed E-state index contributed by atoms with van der Waals surface area (Å²) in [6, 6.07) is 14.3. The third kappa shape index (κ3) is 2.50. The summed E-state index contributed by atoms with van der Waals surface area (Å²) < 4.78 is 3.44. The zero-order chi connectivity index (χ0) is 13.4. The highest BCUT2D eigenvalue weighted by atomic mass is 79.9. The molecule has 0 aliphatic carbocycles. The summed E-state index contributed by atoms with van der Waals surface area (Å²) in [7, 11) is 0. The van der Waals surface area contributed by atoms with E-state index in [1.807, 2.05) is 12.1 Å². The highest BCUT2D eigenvalue weighted by Crippen LogP contribution is 2.36. The predicted molar refractivity (Wildman–Crippen MR) is 89.7 cm³/mol. The van der Waals surface area contributed by atoms with Crippen molar-refractivity contribution >= 4 is 53.3 Å². The number of hydrogen-bond acceptors (Lipinski definition) is 2. The van der Waals surface area contributed by atoms with Crippen molar-refractivity contribution < 1.29 is 0 Å². The van der Waals surface area contributed by atoms with Crippen LogP contribution >= 0.6 is 43.2 Å². The molecule has 0 spiro atoms. The summed E-state index contributed by atoms with van der Waals surface area (Å²) in [4.78, 5) is 0. The largest absolute Gasteiger partial charge is 0.320 e. The highest BCUT2D eigenvalue weighted by Gasteiger charge is 2.15. The molecule has 96 valence electrons. The lowest BCUT2D eigenvalue weighted by atomic mass is 9.99. The fourth-order valence-corrected chi connectivity index (χ4v) is 4.24. The minimum atomic E-state index is -0.0967. The maximum absolute atomic E-state index is 6.42. The lowest BCUT2D eigenvalue weighted by Crippen LogP contribution is -2.11. The van der Waals surface area contributed by atoms with Gasteiger partial charge >= 0.3 is 0 Å². The minimum Gasteiger partial charge on any atom is -0.320 e. The fourth-order valence-electron chi connectivity index (χ4n) is 2.16. The van der Waals surface area contributed by atoms with Crippen LogP contribution in [0.4, 0.5) is 0 Å². The SMILES string of the molecule is NC(c1cccc(Br)c1)c1csc2c(Br)cccc12. The summed E-state index contributed by atoms with van der Waals surface area (Å²) in [6.45, 7) is 0. The van der Waals surface area contributed by atoms with Crippen molar-refractivity contribution in [2.75, 3.05) is 0 Å². The molecule has 0 radical (unpaired) electrons. The molecule has 0 saturated heterocycles. The van der Waals surface area contributed by atoms with Crippen molar-refractivity contribution in [3.05, 3.63) is 67.9 Å². The molecule has 1 aromatic heterocycles. The van der Waals surface area contributed by atoms with Gasteiger partial charge in [0.2, 0.25) is 0 Å². The van der Waals surface area contributed by atoms with Gasteiger partial charge in [-0.05, 0) is 56.0 Å². The van der Waals surface area contributed by atoms with Gasteiger partial charge in [-0.15, -0.1) is 11.3 Å². The molecule has 1 unspecified atom stereocenters. The number of fused-ring (bicyclic) bond motifs is 1. The Hall–Kier alpha value is -0.680. The van der Waals surface area contributed by atoms with Crippen LogP contribution < -0.4 is 5.73 Å². The van der Waals surface area contributed by atoms with Gasteiger partial charge in [-0.1, -0.05) is 40.2 Å². The smallest absolute Gasteiger partial charge is 0.0566 e. The van der Waals surface area contributed by atoms with Crippen LogP contribution in [0.5, 0.6) is 0 Å². The van der Waals surface area contributed by atoms with Crippen LogP contribution in [0.25, 0.3) is 10.1 Å². The average molecular weight is 397 g/mol. The Bertz CT molecular complexity index is 736. The Kier molecular flexibility index (Phi) is 3.76. The van der Waals surface area contributed by atoms with Crippen molar-refractivity contribution in [3.63, 3.8) is 0 Å². The molecule has 0 saturated carbocycles. The fraction of sp³-hybridized carbons (Fsp3) is 0.0667. The van der Waals surface area contributed by atoms with E-state index in [-0.39, 0.29) is 6.04 Å². The van der Waals surface area contributed by atoms with Crippen LogP contribution in [0.1, 0.15) is 17.2 Å². The second-order valence-electron chi connectivity index (χ2n) is 4.34. The maximum atomic E-state index is 6.42. The lowest BCUT2D eigenvalue weighted by Gasteiger charge is -2.12. The number of rotatable bonds is 2. The van der Waals surface area contributed by atoms with Crippen LogP contribution in [0.3, 0.4) is 0 Å². The van der Waals surface area contributed by atoms with Gasteiger partial charge in [0.15, 0.2) is 0 Å². The summed E-state index contributed by atoms with van der Waals surface area (Å²) >= 11 is 8.81. The van der Waals surface area contributed by atoms with Crippen molar-refractivity contribution in [2.45, 2.75) is 6.04 Å². The van der Waals surface area contributed by atoms with E-state index < -0.39 is 0 Å². The molecule has 1 heterocycles. The van der Waals surface area contributed by atoms with Crippen molar-refractivity contribution in [1.29, 1.82) is 0 Å². The predicted octanol–water partition coefficient (Wildman–Crippen LogP) is 5.47. The first-order chi connectivity index (χ1) is 9.16. The summed E-state index contributed by atoms with van der Waals surface area (Å²) in [5.74, 6) is 0. The molecule has 0 aliphatic rings. The van der Waals surface area contributed by atoms with E-state index in [4.69, 9.17) is 5.73 Å². The van der Waals surface area contributed by atoms with Crippen LogP contribution in [0, 0.1) is 0 Å². The average Bonchev–Trinajstić information content (AvgIpc) is 2.83. The normalized spacial score (nSPS) is 12.8. The zero-order valence-electron chi connectivity index (χ0n) is 9.94. The molecule has 0 amide bonds. The Morgan fingerprint density at radius 2 is 1.84 bits per heavy atom.